The molecule has 2 saturated heterocycles. The number of aromatic nitrogens is 3. The Bertz CT molecular complexity index is 1260. The average Bonchev–Trinajstić information content (AvgIpc) is 3.40. The molecule has 36 heavy (non-hydrogen) atoms. The van der Waals surface area contributed by atoms with E-state index in [2.05, 4.69) is 15.4 Å². The summed E-state index contributed by atoms with van der Waals surface area (Å²) in [6.07, 6.45) is 0.479. The number of benzene rings is 1. The number of thiazole rings is 1. The molecule has 0 spiro atoms. The van der Waals surface area contributed by atoms with Crippen LogP contribution in [0, 0.1) is 11.6 Å². The van der Waals surface area contributed by atoms with E-state index < -0.39 is 47.0 Å². The SMILES string of the molecule is Cn1ncc(NC(=O)c2csc(-c3c(F)cc(C4(O)COC4)cc3F)n2)c1[C@@H]1CC[C@@H](N)[C@H](F)CO1. The third kappa shape index (κ3) is 4.52. The van der Waals surface area contributed by atoms with Crippen molar-refractivity contribution in [1.82, 2.24) is 14.8 Å². The van der Waals surface area contributed by atoms with Crippen LogP contribution in [0.5, 0.6) is 0 Å². The molecule has 0 saturated carbocycles. The summed E-state index contributed by atoms with van der Waals surface area (Å²) in [4.78, 5) is 17.0. The van der Waals surface area contributed by atoms with Crippen molar-refractivity contribution < 1.29 is 32.5 Å². The van der Waals surface area contributed by atoms with Crippen LogP contribution >= 0.6 is 11.3 Å². The lowest BCUT2D eigenvalue weighted by Gasteiger charge is -2.36. The Hall–Kier alpha value is -2.84. The molecular formula is C23H24F3N5O4S. The number of ether oxygens (including phenoxy) is 2. The fourth-order valence-corrected chi connectivity index (χ4v) is 5.11. The van der Waals surface area contributed by atoms with E-state index in [0.717, 1.165) is 23.5 Å². The van der Waals surface area contributed by atoms with Crippen molar-refractivity contribution in [2.45, 2.75) is 36.8 Å². The molecule has 2 fully saturated rings. The second-order valence-electron chi connectivity index (χ2n) is 8.98. The fraction of sp³-hybridized carbons (Fsp3) is 0.435. The molecule has 0 radical (unpaired) electrons. The summed E-state index contributed by atoms with van der Waals surface area (Å²) in [5, 5.41) is 18.5. The third-order valence-electron chi connectivity index (χ3n) is 6.43. The van der Waals surface area contributed by atoms with Gasteiger partial charge in [0.2, 0.25) is 0 Å². The number of anilines is 1. The van der Waals surface area contributed by atoms with Gasteiger partial charge in [0.25, 0.3) is 5.91 Å². The summed E-state index contributed by atoms with van der Waals surface area (Å²) in [5.74, 6) is -2.43. The molecule has 3 atom stereocenters. The van der Waals surface area contributed by atoms with Crippen LogP contribution < -0.4 is 11.1 Å². The molecule has 4 heterocycles. The third-order valence-corrected chi connectivity index (χ3v) is 7.29. The zero-order valence-electron chi connectivity index (χ0n) is 19.2. The van der Waals surface area contributed by atoms with E-state index in [1.807, 2.05) is 0 Å². The molecule has 13 heteroatoms. The maximum absolute atomic E-state index is 14.8. The number of hydrogen-bond donors (Lipinski definition) is 3. The van der Waals surface area contributed by atoms with Gasteiger partial charge in [0.1, 0.15) is 40.2 Å². The van der Waals surface area contributed by atoms with E-state index in [1.165, 1.54) is 16.3 Å². The van der Waals surface area contributed by atoms with E-state index in [-0.39, 0.29) is 36.1 Å². The van der Waals surface area contributed by atoms with Crippen molar-refractivity contribution in [3.8, 4) is 10.6 Å². The summed E-state index contributed by atoms with van der Waals surface area (Å²) >= 11 is 0.903. The molecule has 2 aliphatic heterocycles. The van der Waals surface area contributed by atoms with E-state index in [0.29, 0.717) is 24.2 Å². The van der Waals surface area contributed by atoms with Gasteiger partial charge in [-0.05, 0) is 30.5 Å². The summed E-state index contributed by atoms with van der Waals surface area (Å²) in [6, 6.07) is 1.46. The minimum Gasteiger partial charge on any atom is -0.380 e. The van der Waals surface area contributed by atoms with Gasteiger partial charge < -0.3 is 25.6 Å². The lowest BCUT2D eigenvalue weighted by molar-refractivity contribution is -0.184. The van der Waals surface area contributed by atoms with Gasteiger partial charge in [-0.15, -0.1) is 11.3 Å². The number of rotatable bonds is 5. The Morgan fingerprint density at radius 3 is 2.69 bits per heavy atom. The first-order chi connectivity index (χ1) is 17.2. The molecule has 0 bridgehead atoms. The lowest BCUT2D eigenvalue weighted by atomic mass is 9.91. The van der Waals surface area contributed by atoms with Crippen LogP contribution in [0.4, 0.5) is 18.9 Å². The van der Waals surface area contributed by atoms with Crippen LogP contribution in [0.15, 0.2) is 23.7 Å². The maximum atomic E-state index is 14.8. The summed E-state index contributed by atoms with van der Waals surface area (Å²) in [7, 11) is 1.68. The highest BCUT2D eigenvalue weighted by Crippen LogP contribution is 2.36. The molecule has 0 unspecified atom stereocenters. The molecule has 192 valence electrons. The largest absolute Gasteiger partial charge is 0.380 e. The van der Waals surface area contributed by atoms with Gasteiger partial charge in [-0.3, -0.25) is 9.48 Å². The van der Waals surface area contributed by atoms with Gasteiger partial charge in [-0.2, -0.15) is 5.10 Å². The number of nitrogens with one attached hydrogen (secondary N) is 1. The van der Waals surface area contributed by atoms with Crippen LogP contribution in [-0.2, 0) is 22.1 Å². The molecule has 3 aromatic rings. The van der Waals surface area contributed by atoms with Gasteiger partial charge in [0.05, 0.1) is 43.0 Å². The van der Waals surface area contributed by atoms with Gasteiger partial charge in [-0.25, -0.2) is 18.2 Å². The van der Waals surface area contributed by atoms with Gasteiger partial charge in [0, 0.05) is 18.5 Å². The number of aliphatic hydroxyl groups is 1. The first-order valence-electron chi connectivity index (χ1n) is 11.3. The second kappa shape index (κ2) is 9.56. The maximum Gasteiger partial charge on any atom is 0.275 e. The number of hydrogen-bond acceptors (Lipinski definition) is 8. The number of halogens is 3. The van der Waals surface area contributed by atoms with Crippen molar-refractivity contribution in [2.75, 3.05) is 25.1 Å². The molecular weight excluding hydrogens is 499 g/mol. The smallest absolute Gasteiger partial charge is 0.275 e. The Morgan fingerprint density at radius 2 is 2.03 bits per heavy atom. The first-order valence-corrected chi connectivity index (χ1v) is 12.1. The quantitative estimate of drug-likeness (QED) is 0.470. The van der Waals surface area contributed by atoms with Crippen molar-refractivity contribution >= 4 is 22.9 Å². The standard InChI is InChI=1S/C23H24F3N5O4S/c1-31-20(18-3-2-15(27)14(26)7-35-18)16(6-28-31)29-21(32)17-8-36-22(30-17)19-12(24)4-11(5-13(19)25)23(33)9-34-10-23/h4-6,8,14-15,18,33H,2-3,7,9-10,27H2,1H3,(H,29,32)/t14-,15-,18+/m1/s1. The predicted molar refractivity (Wildman–Crippen MR) is 124 cm³/mol. The number of nitrogens with two attached hydrogens (primary N) is 1. The van der Waals surface area contributed by atoms with Crippen LogP contribution in [0.25, 0.3) is 10.6 Å². The molecule has 9 nitrogen and oxygen atoms in total. The lowest BCUT2D eigenvalue weighted by Crippen LogP contribution is -2.46. The number of alkyl halides is 1. The van der Waals surface area contributed by atoms with Crippen LogP contribution in [0.2, 0.25) is 0 Å². The summed E-state index contributed by atoms with van der Waals surface area (Å²) in [6.45, 7) is -0.257. The number of carbonyl (C=O) groups excluding carboxylic acids is 1. The molecule has 5 rings (SSSR count). The van der Waals surface area contributed by atoms with Gasteiger partial charge in [-0.1, -0.05) is 0 Å². The minimum absolute atomic E-state index is 0.0277. The number of amides is 1. The topological polar surface area (TPSA) is 125 Å². The molecule has 1 aromatic carbocycles. The molecule has 2 aliphatic rings. The van der Waals surface area contributed by atoms with Crippen molar-refractivity contribution in [3.05, 3.63) is 52.3 Å². The van der Waals surface area contributed by atoms with Crippen LogP contribution in [0.3, 0.4) is 0 Å². The monoisotopic (exact) mass is 523 g/mol. The summed E-state index contributed by atoms with van der Waals surface area (Å²) in [5.41, 5.74) is 4.92. The predicted octanol–water partition coefficient (Wildman–Crippen LogP) is 2.81. The fourth-order valence-electron chi connectivity index (χ4n) is 4.27. The summed E-state index contributed by atoms with van der Waals surface area (Å²) < 4.78 is 55.7. The second-order valence-corrected chi connectivity index (χ2v) is 9.84. The Morgan fingerprint density at radius 1 is 1.31 bits per heavy atom. The van der Waals surface area contributed by atoms with Crippen molar-refractivity contribution in [2.24, 2.45) is 12.8 Å². The normalized spacial score (nSPS) is 23.7. The highest BCUT2D eigenvalue weighted by molar-refractivity contribution is 7.13. The zero-order chi connectivity index (χ0) is 25.6. The Labute approximate surface area is 208 Å². The zero-order valence-corrected chi connectivity index (χ0v) is 20.0. The Kier molecular flexibility index (Phi) is 6.59. The number of aryl methyl sites for hydroxylation is 1. The number of carbonyl (C=O) groups is 1. The van der Waals surface area contributed by atoms with E-state index in [9.17, 15) is 23.1 Å². The minimum atomic E-state index is -1.42. The van der Waals surface area contributed by atoms with Gasteiger partial charge in [0.15, 0.2) is 0 Å². The van der Waals surface area contributed by atoms with Crippen LogP contribution in [-0.4, -0.2) is 57.8 Å². The van der Waals surface area contributed by atoms with Crippen molar-refractivity contribution in [1.29, 1.82) is 0 Å². The molecule has 1 amide bonds. The molecule has 2 aromatic heterocycles. The number of nitrogens with zero attached hydrogens (tertiary/aromatic N) is 3. The molecule has 0 aliphatic carbocycles. The molecule has 4 N–H and O–H groups in total. The Balaban J connectivity index is 1.35. The van der Waals surface area contributed by atoms with E-state index in [1.54, 1.807) is 7.05 Å². The van der Waals surface area contributed by atoms with E-state index in [4.69, 9.17) is 15.2 Å². The first kappa shape index (κ1) is 24.8. The average molecular weight is 524 g/mol. The van der Waals surface area contributed by atoms with Crippen LogP contribution in [0.1, 0.15) is 40.7 Å². The van der Waals surface area contributed by atoms with Crippen molar-refractivity contribution in [3.63, 3.8) is 0 Å². The highest BCUT2D eigenvalue weighted by Gasteiger charge is 2.39. The van der Waals surface area contributed by atoms with E-state index >= 15 is 0 Å². The van der Waals surface area contributed by atoms with Gasteiger partial charge >= 0.3 is 0 Å². The highest BCUT2D eigenvalue weighted by atomic mass is 32.1.